The Bertz CT molecular complexity index is 1160. The summed E-state index contributed by atoms with van der Waals surface area (Å²) >= 11 is 6.79. The maximum absolute atomic E-state index is 13.1. The molecule has 31 heavy (non-hydrogen) atoms. The minimum atomic E-state index is -4.59. The zero-order chi connectivity index (χ0) is 22.2. The second-order valence-corrected chi connectivity index (χ2v) is 8.23. The van der Waals surface area contributed by atoms with Crippen molar-refractivity contribution in [3.63, 3.8) is 0 Å². The Morgan fingerprint density at radius 3 is 2.68 bits per heavy atom. The SMILES string of the molecule is O=C(CSc1nnc2c(Cl)cc(C(F)(F)F)cn12)Nc1ccccc1C(=O)NC1CC1. The van der Waals surface area contributed by atoms with Crippen molar-refractivity contribution in [2.24, 2.45) is 0 Å². The summed E-state index contributed by atoms with van der Waals surface area (Å²) in [6.45, 7) is 0. The molecule has 1 fully saturated rings. The highest BCUT2D eigenvalue weighted by Gasteiger charge is 2.32. The number of para-hydroxylation sites is 1. The van der Waals surface area contributed by atoms with Crippen LogP contribution in [0.5, 0.6) is 0 Å². The molecule has 1 saturated carbocycles. The number of hydrogen-bond donors (Lipinski definition) is 2. The molecule has 0 radical (unpaired) electrons. The van der Waals surface area contributed by atoms with Crippen molar-refractivity contribution in [2.75, 3.05) is 11.1 Å². The quantitative estimate of drug-likeness (QED) is 0.532. The lowest BCUT2D eigenvalue weighted by Crippen LogP contribution is -2.27. The van der Waals surface area contributed by atoms with Gasteiger partial charge in [0.05, 0.1) is 27.6 Å². The number of nitrogens with zero attached hydrogens (tertiary/aromatic N) is 3. The third kappa shape index (κ3) is 4.93. The monoisotopic (exact) mass is 469 g/mol. The van der Waals surface area contributed by atoms with Crippen molar-refractivity contribution in [2.45, 2.75) is 30.2 Å². The van der Waals surface area contributed by atoms with Crippen LogP contribution in [0.2, 0.25) is 5.02 Å². The summed E-state index contributed by atoms with van der Waals surface area (Å²) in [6, 6.07) is 7.52. The van der Waals surface area contributed by atoms with Gasteiger partial charge >= 0.3 is 6.18 Å². The largest absolute Gasteiger partial charge is 0.417 e. The van der Waals surface area contributed by atoms with Crippen LogP contribution in [-0.4, -0.2) is 38.2 Å². The number of aromatic nitrogens is 3. The van der Waals surface area contributed by atoms with E-state index in [0.717, 1.165) is 41.3 Å². The highest BCUT2D eigenvalue weighted by atomic mass is 35.5. The van der Waals surface area contributed by atoms with Gasteiger partial charge in [0.25, 0.3) is 5.91 Å². The molecule has 2 N–H and O–H groups in total. The molecule has 2 aromatic heterocycles. The van der Waals surface area contributed by atoms with Gasteiger partial charge in [-0.25, -0.2) is 0 Å². The van der Waals surface area contributed by atoms with E-state index in [9.17, 15) is 22.8 Å². The molecule has 2 amide bonds. The first kappa shape index (κ1) is 21.4. The van der Waals surface area contributed by atoms with Crippen molar-refractivity contribution in [1.29, 1.82) is 0 Å². The molecule has 0 unspecified atom stereocenters. The molecule has 0 bridgehead atoms. The van der Waals surface area contributed by atoms with Crippen LogP contribution in [0.3, 0.4) is 0 Å². The standard InChI is InChI=1S/C19H15ClF3N5O2S/c20-13-7-10(19(21,22)23)8-28-16(13)26-27-18(28)31-9-15(29)25-14-4-2-1-3-12(14)17(30)24-11-5-6-11/h1-4,7-8,11H,5-6,9H2,(H,24,30)(H,25,29). The molecule has 4 rings (SSSR count). The molecule has 0 spiro atoms. The maximum Gasteiger partial charge on any atom is 0.417 e. The number of alkyl halides is 3. The Balaban J connectivity index is 1.47. The van der Waals surface area contributed by atoms with E-state index in [1.165, 1.54) is 0 Å². The van der Waals surface area contributed by atoms with E-state index >= 15 is 0 Å². The summed E-state index contributed by atoms with van der Waals surface area (Å²) in [5.74, 6) is -0.886. The van der Waals surface area contributed by atoms with Crippen LogP contribution < -0.4 is 10.6 Å². The van der Waals surface area contributed by atoms with E-state index < -0.39 is 17.6 Å². The minimum Gasteiger partial charge on any atom is -0.349 e. The highest BCUT2D eigenvalue weighted by molar-refractivity contribution is 7.99. The number of carbonyl (C=O) groups is 2. The summed E-state index contributed by atoms with van der Waals surface area (Å²) in [5, 5.41) is 13.0. The van der Waals surface area contributed by atoms with Crippen molar-refractivity contribution in [3.05, 3.63) is 52.7 Å². The predicted octanol–water partition coefficient (Wildman–Crippen LogP) is 4.02. The molecule has 3 aromatic rings. The number of pyridine rings is 1. The van der Waals surface area contributed by atoms with Crippen LogP contribution >= 0.6 is 23.4 Å². The average Bonchev–Trinajstić information content (AvgIpc) is 3.42. The van der Waals surface area contributed by atoms with Gasteiger partial charge in [0.2, 0.25) is 5.91 Å². The van der Waals surface area contributed by atoms with Crippen molar-refractivity contribution < 1.29 is 22.8 Å². The van der Waals surface area contributed by atoms with Crippen LogP contribution in [0.25, 0.3) is 5.65 Å². The van der Waals surface area contributed by atoms with Gasteiger partial charge in [0.15, 0.2) is 10.8 Å². The number of rotatable bonds is 6. The second-order valence-electron chi connectivity index (χ2n) is 6.88. The number of hydrogen-bond acceptors (Lipinski definition) is 5. The summed E-state index contributed by atoms with van der Waals surface area (Å²) in [6.07, 6.45) is -1.89. The molecule has 12 heteroatoms. The Morgan fingerprint density at radius 1 is 1.23 bits per heavy atom. The summed E-state index contributed by atoms with van der Waals surface area (Å²) in [7, 11) is 0. The topological polar surface area (TPSA) is 88.4 Å². The van der Waals surface area contributed by atoms with Gasteiger partial charge in [-0.1, -0.05) is 35.5 Å². The van der Waals surface area contributed by atoms with Gasteiger partial charge in [0, 0.05) is 12.2 Å². The molecule has 2 heterocycles. The third-order valence-corrected chi connectivity index (χ3v) is 5.67. The Labute approximate surface area is 183 Å². The Hall–Kier alpha value is -2.79. The molecule has 1 aliphatic carbocycles. The molecule has 0 saturated heterocycles. The first-order chi connectivity index (χ1) is 14.7. The predicted molar refractivity (Wildman–Crippen MR) is 109 cm³/mol. The van der Waals surface area contributed by atoms with Gasteiger partial charge in [-0.3, -0.25) is 14.0 Å². The van der Waals surface area contributed by atoms with E-state index in [4.69, 9.17) is 11.6 Å². The van der Waals surface area contributed by atoms with Crippen LogP contribution in [0.4, 0.5) is 18.9 Å². The zero-order valence-electron chi connectivity index (χ0n) is 15.7. The van der Waals surface area contributed by atoms with Crippen LogP contribution in [0.15, 0.2) is 41.7 Å². The number of nitrogens with one attached hydrogen (secondary N) is 2. The van der Waals surface area contributed by atoms with Crippen molar-refractivity contribution in [3.8, 4) is 0 Å². The van der Waals surface area contributed by atoms with Crippen LogP contribution in [-0.2, 0) is 11.0 Å². The van der Waals surface area contributed by atoms with Crippen LogP contribution in [0, 0.1) is 0 Å². The molecular formula is C19H15ClF3N5O2S. The van der Waals surface area contributed by atoms with E-state index in [2.05, 4.69) is 20.8 Å². The fraction of sp³-hybridized carbons (Fsp3) is 0.263. The lowest BCUT2D eigenvalue weighted by molar-refractivity contribution is -0.137. The third-order valence-electron chi connectivity index (χ3n) is 4.45. The number of halogens is 4. The molecule has 0 aliphatic heterocycles. The normalized spacial score (nSPS) is 13.9. The molecule has 1 aromatic carbocycles. The molecule has 0 atom stereocenters. The van der Waals surface area contributed by atoms with Crippen molar-refractivity contribution >= 4 is 46.5 Å². The Kier molecular flexibility index (Phi) is 5.80. The van der Waals surface area contributed by atoms with E-state index in [1.54, 1.807) is 24.3 Å². The minimum absolute atomic E-state index is 0.0552. The fourth-order valence-electron chi connectivity index (χ4n) is 2.78. The van der Waals surface area contributed by atoms with Gasteiger partial charge < -0.3 is 10.6 Å². The van der Waals surface area contributed by atoms with Gasteiger partial charge in [-0.05, 0) is 31.0 Å². The molecule has 7 nitrogen and oxygen atoms in total. The van der Waals surface area contributed by atoms with Crippen molar-refractivity contribution in [1.82, 2.24) is 19.9 Å². The molecule has 162 valence electrons. The molecule has 1 aliphatic rings. The number of thioether (sulfide) groups is 1. The number of fused-ring (bicyclic) bond motifs is 1. The number of carbonyl (C=O) groups excluding carboxylic acids is 2. The first-order valence-corrected chi connectivity index (χ1v) is 10.5. The second kappa shape index (κ2) is 8.39. The lowest BCUT2D eigenvalue weighted by atomic mass is 10.1. The summed E-state index contributed by atoms with van der Waals surface area (Å²) < 4.78 is 40.3. The summed E-state index contributed by atoms with van der Waals surface area (Å²) in [4.78, 5) is 24.8. The number of anilines is 1. The Morgan fingerprint density at radius 2 is 1.97 bits per heavy atom. The first-order valence-electron chi connectivity index (χ1n) is 9.16. The maximum atomic E-state index is 13.1. The summed E-state index contributed by atoms with van der Waals surface area (Å²) in [5.41, 5.74) is -0.214. The van der Waals surface area contributed by atoms with E-state index in [0.29, 0.717) is 11.3 Å². The zero-order valence-corrected chi connectivity index (χ0v) is 17.3. The fourth-order valence-corrected chi connectivity index (χ4v) is 3.74. The highest BCUT2D eigenvalue weighted by Crippen LogP contribution is 2.33. The van der Waals surface area contributed by atoms with Crippen LogP contribution in [0.1, 0.15) is 28.8 Å². The number of amides is 2. The van der Waals surface area contributed by atoms with Gasteiger partial charge in [-0.2, -0.15) is 13.2 Å². The van der Waals surface area contributed by atoms with Gasteiger partial charge in [-0.15, -0.1) is 10.2 Å². The average molecular weight is 470 g/mol. The lowest BCUT2D eigenvalue weighted by Gasteiger charge is -2.11. The number of benzene rings is 1. The van der Waals surface area contributed by atoms with Gasteiger partial charge in [0.1, 0.15) is 0 Å². The van der Waals surface area contributed by atoms with E-state index in [-0.39, 0.29) is 33.5 Å². The molecular weight excluding hydrogens is 455 g/mol. The smallest absolute Gasteiger partial charge is 0.349 e. The van der Waals surface area contributed by atoms with E-state index in [1.807, 2.05) is 0 Å².